The number of aliphatic hydroxyl groups is 1. The molecule has 1 saturated carbocycles. The van der Waals surface area contributed by atoms with Crippen molar-refractivity contribution in [2.24, 2.45) is 0 Å². The minimum absolute atomic E-state index is 0.00540. The van der Waals surface area contributed by atoms with E-state index in [-0.39, 0.29) is 5.69 Å². The van der Waals surface area contributed by atoms with E-state index in [0.29, 0.717) is 18.9 Å². The Morgan fingerprint density at radius 3 is 2.52 bits per heavy atom. The second kappa shape index (κ2) is 6.75. The molecule has 0 aromatic heterocycles. The summed E-state index contributed by atoms with van der Waals surface area (Å²) >= 11 is 0. The van der Waals surface area contributed by atoms with E-state index in [1.165, 1.54) is 0 Å². The lowest BCUT2D eigenvalue weighted by atomic mass is 9.92. The van der Waals surface area contributed by atoms with E-state index in [2.05, 4.69) is 5.32 Å². The number of anilines is 1. The van der Waals surface area contributed by atoms with Gasteiger partial charge in [-0.1, -0.05) is 12.8 Å². The Bertz CT molecular complexity index is 696. The number of alkyl halides is 2. The number of nitro groups is 1. The smallest absolute Gasteiger partial charge is 0.341 e. The first-order valence-corrected chi connectivity index (χ1v) is 8.53. The SMILES string of the molecule is O=[N+]([O-])c1cc(S(=O)(=O)C(F)F)ccc1N[C@H]1CCCC[C@@H]1O. The van der Waals surface area contributed by atoms with Gasteiger partial charge in [0.05, 0.1) is 22.0 Å². The molecule has 2 N–H and O–H groups in total. The molecule has 10 heteroatoms. The quantitative estimate of drug-likeness (QED) is 0.623. The highest BCUT2D eigenvalue weighted by Gasteiger charge is 2.30. The Hall–Kier alpha value is -1.81. The van der Waals surface area contributed by atoms with Crippen LogP contribution >= 0.6 is 0 Å². The lowest BCUT2D eigenvalue weighted by Gasteiger charge is -2.29. The number of rotatable bonds is 5. The van der Waals surface area contributed by atoms with Crippen molar-refractivity contribution in [2.75, 3.05) is 5.32 Å². The summed E-state index contributed by atoms with van der Waals surface area (Å²) in [5, 5.41) is 23.8. The molecular formula is C13H16F2N2O5S. The third kappa shape index (κ3) is 3.75. The summed E-state index contributed by atoms with van der Waals surface area (Å²) in [5.74, 6) is -3.65. The largest absolute Gasteiger partial charge is 0.391 e. The van der Waals surface area contributed by atoms with E-state index in [1.807, 2.05) is 0 Å². The molecule has 1 aliphatic carbocycles. The maximum absolute atomic E-state index is 12.5. The van der Waals surface area contributed by atoms with E-state index in [0.717, 1.165) is 25.0 Å². The van der Waals surface area contributed by atoms with Gasteiger partial charge in [0.15, 0.2) is 0 Å². The van der Waals surface area contributed by atoms with Crippen LogP contribution < -0.4 is 5.32 Å². The summed E-state index contributed by atoms with van der Waals surface area (Å²) in [7, 11) is -4.91. The molecule has 0 aliphatic heterocycles. The first kappa shape index (κ1) is 17.5. The van der Waals surface area contributed by atoms with Crippen molar-refractivity contribution in [3.8, 4) is 0 Å². The molecule has 0 heterocycles. The van der Waals surface area contributed by atoms with Crippen LogP contribution in [0.4, 0.5) is 20.2 Å². The molecule has 2 rings (SSSR count). The summed E-state index contributed by atoms with van der Waals surface area (Å²) in [6.07, 6.45) is 2.19. The normalized spacial score (nSPS) is 22.1. The minimum atomic E-state index is -4.91. The number of halogens is 2. The molecule has 1 aliphatic rings. The third-order valence-corrected chi connectivity index (χ3v) is 5.18. The van der Waals surface area contributed by atoms with Crippen LogP contribution in [0, 0.1) is 10.1 Å². The maximum atomic E-state index is 12.5. The standard InChI is InChI=1S/C13H16F2N2O5S/c14-13(15)23(21,22)8-5-6-9(11(7-8)17(19)20)16-10-3-1-2-4-12(10)18/h5-7,10,12-13,16,18H,1-4H2/t10-,12-/m0/s1. The summed E-state index contributed by atoms with van der Waals surface area (Å²) in [5.41, 5.74) is -0.626. The first-order valence-electron chi connectivity index (χ1n) is 6.98. The predicted octanol–water partition coefficient (Wildman–Crippen LogP) is 2.31. The van der Waals surface area contributed by atoms with Crippen molar-refractivity contribution in [1.82, 2.24) is 0 Å². The van der Waals surface area contributed by atoms with Gasteiger partial charge in [0.1, 0.15) is 5.69 Å². The van der Waals surface area contributed by atoms with E-state index in [4.69, 9.17) is 0 Å². The zero-order valence-electron chi connectivity index (χ0n) is 12.0. The van der Waals surface area contributed by atoms with Crippen LogP contribution in [0.1, 0.15) is 25.7 Å². The zero-order valence-corrected chi connectivity index (χ0v) is 12.8. The summed E-state index contributed by atoms with van der Waals surface area (Å²) in [6.45, 7) is 0. The van der Waals surface area contributed by atoms with Gasteiger partial charge in [-0.3, -0.25) is 10.1 Å². The van der Waals surface area contributed by atoms with Gasteiger partial charge in [0.2, 0.25) is 9.84 Å². The van der Waals surface area contributed by atoms with Gasteiger partial charge in [0, 0.05) is 6.07 Å². The Labute approximate surface area is 131 Å². The van der Waals surface area contributed by atoms with Crippen LogP contribution in [0.15, 0.2) is 23.1 Å². The van der Waals surface area contributed by atoms with Crippen LogP contribution in [0.25, 0.3) is 0 Å². The summed E-state index contributed by atoms with van der Waals surface area (Å²) in [4.78, 5) is 9.46. The topological polar surface area (TPSA) is 110 Å². The van der Waals surface area contributed by atoms with Crippen LogP contribution in [0.5, 0.6) is 0 Å². The Morgan fingerprint density at radius 2 is 1.96 bits per heavy atom. The first-order chi connectivity index (χ1) is 10.7. The van der Waals surface area contributed by atoms with Gasteiger partial charge in [-0.15, -0.1) is 0 Å². The van der Waals surface area contributed by atoms with Crippen LogP contribution in [0.3, 0.4) is 0 Å². The van der Waals surface area contributed by atoms with E-state index in [9.17, 15) is 32.4 Å². The molecule has 1 fully saturated rings. The van der Waals surface area contributed by atoms with Crippen molar-refractivity contribution < 1.29 is 27.2 Å². The van der Waals surface area contributed by atoms with Gasteiger partial charge in [-0.2, -0.15) is 8.78 Å². The van der Waals surface area contributed by atoms with Gasteiger partial charge >= 0.3 is 5.76 Å². The Morgan fingerprint density at radius 1 is 1.30 bits per heavy atom. The molecule has 0 amide bonds. The van der Waals surface area contributed by atoms with E-state index < -0.39 is 43.2 Å². The number of sulfone groups is 1. The summed E-state index contributed by atoms with van der Waals surface area (Å²) < 4.78 is 48.0. The molecule has 2 atom stereocenters. The van der Waals surface area contributed by atoms with Crippen molar-refractivity contribution in [2.45, 2.75) is 48.5 Å². The van der Waals surface area contributed by atoms with E-state index in [1.54, 1.807) is 0 Å². The molecule has 1 aromatic rings. The summed E-state index contributed by atoms with van der Waals surface area (Å²) in [6, 6.07) is 2.18. The Kier molecular flexibility index (Phi) is 5.15. The lowest BCUT2D eigenvalue weighted by Crippen LogP contribution is -2.36. The van der Waals surface area contributed by atoms with Crippen LogP contribution in [-0.2, 0) is 9.84 Å². The second-order valence-electron chi connectivity index (χ2n) is 5.34. The number of aliphatic hydroxyl groups excluding tert-OH is 1. The predicted molar refractivity (Wildman–Crippen MR) is 78.2 cm³/mol. The van der Waals surface area contributed by atoms with Crippen molar-refractivity contribution in [3.05, 3.63) is 28.3 Å². The highest BCUT2D eigenvalue weighted by Crippen LogP contribution is 2.32. The molecule has 128 valence electrons. The van der Waals surface area contributed by atoms with Gasteiger partial charge in [-0.05, 0) is 25.0 Å². The van der Waals surface area contributed by atoms with Gasteiger partial charge < -0.3 is 10.4 Å². The van der Waals surface area contributed by atoms with E-state index >= 15 is 0 Å². The average Bonchev–Trinajstić information content (AvgIpc) is 2.49. The lowest BCUT2D eigenvalue weighted by molar-refractivity contribution is -0.384. The number of benzene rings is 1. The molecule has 0 spiro atoms. The highest BCUT2D eigenvalue weighted by molar-refractivity contribution is 7.91. The Balaban J connectivity index is 2.36. The number of hydrogen-bond donors (Lipinski definition) is 2. The fourth-order valence-electron chi connectivity index (χ4n) is 2.54. The van der Waals surface area contributed by atoms with Crippen molar-refractivity contribution >= 4 is 21.2 Å². The molecule has 0 bridgehead atoms. The average molecular weight is 350 g/mol. The maximum Gasteiger partial charge on any atom is 0.341 e. The zero-order chi connectivity index (χ0) is 17.2. The van der Waals surface area contributed by atoms with Crippen molar-refractivity contribution in [1.29, 1.82) is 0 Å². The van der Waals surface area contributed by atoms with Gasteiger partial charge in [0.25, 0.3) is 5.69 Å². The number of nitro benzene ring substituents is 1. The molecule has 0 saturated heterocycles. The van der Waals surface area contributed by atoms with Crippen molar-refractivity contribution in [3.63, 3.8) is 0 Å². The molecule has 1 aromatic carbocycles. The number of nitrogens with zero attached hydrogens (tertiary/aromatic N) is 1. The molecule has 0 unspecified atom stereocenters. The number of nitrogens with one attached hydrogen (secondary N) is 1. The van der Waals surface area contributed by atoms with Crippen LogP contribution in [-0.4, -0.2) is 36.4 Å². The molecule has 0 radical (unpaired) electrons. The second-order valence-corrected chi connectivity index (χ2v) is 7.26. The van der Waals surface area contributed by atoms with Crippen LogP contribution in [0.2, 0.25) is 0 Å². The highest BCUT2D eigenvalue weighted by atomic mass is 32.2. The number of hydrogen-bond acceptors (Lipinski definition) is 6. The molecular weight excluding hydrogens is 334 g/mol. The minimum Gasteiger partial charge on any atom is -0.391 e. The fraction of sp³-hybridized carbons (Fsp3) is 0.538. The van der Waals surface area contributed by atoms with Gasteiger partial charge in [-0.25, -0.2) is 8.42 Å². The molecule has 23 heavy (non-hydrogen) atoms. The monoisotopic (exact) mass is 350 g/mol. The third-order valence-electron chi connectivity index (χ3n) is 3.80. The fourth-order valence-corrected chi connectivity index (χ4v) is 3.28. The molecule has 7 nitrogen and oxygen atoms in total.